The van der Waals surface area contributed by atoms with Crippen LogP contribution in [0.25, 0.3) is 10.9 Å². The molecule has 0 amide bonds. The van der Waals surface area contributed by atoms with Crippen LogP contribution in [0.15, 0.2) is 42.7 Å². The summed E-state index contributed by atoms with van der Waals surface area (Å²) in [6.07, 6.45) is 2.88. The van der Waals surface area contributed by atoms with Crippen LogP contribution < -0.4 is 5.73 Å². The summed E-state index contributed by atoms with van der Waals surface area (Å²) in [7, 11) is 0. The van der Waals surface area contributed by atoms with Gasteiger partial charge in [0.2, 0.25) is 5.95 Å². The molecule has 0 spiro atoms. The predicted molar refractivity (Wildman–Crippen MR) is 72.7 cm³/mol. The monoisotopic (exact) mass is 270 g/mol. The molecule has 1 aromatic carbocycles. The number of carbonyl (C=O) groups is 1. The molecule has 20 heavy (non-hydrogen) atoms. The highest BCUT2D eigenvalue weighted by Crippen LogP contribution is 2.17. The van der Waals surface area contributed by atoms with E-state index in [1.165, 1.54) is 12.3 Å². The van der Waals surface area contributed by atoms with E-state index in [4.69, 9.17) is 5.73 Å². The van der Waals surface area contributed by atoms with Crippen LogP contribution in [0.1, 0.15) is 10.4 Å². The molecule has 0 unspecified atom stereocenters. The largest absolute Gasteiger partial charge is 0.399 e. The SMILES string of the molecule is Nc1ccc2c(cnn2CC(=O)c2ccc(F)nc2)c1. The molecule has 3 aromatic rings. The molecular formula is C14H11FN4O. The molecule has 5 nitrogen and oxygen atoms in total. The number of aromatic nitrogens is 3. The average molecular weight is 270 g/mol. The van der Waals surface area contributed by atoms with Gasteiger partial charge in [0.25, 0.3) is 0 Å². The Hall–Kier alpha value is -2.76. The molecule has 0 radical (unpaired) electrons. The Kier molecular flexibility index (Phi) is 2.90. The van der Waals surface area contributed by atoms with Gasteiger partial charge in [-0.1, -0.05) is 0 Å². The van der Waals surface area contributed by atoms with Crippen molar-refractivity contribution >= 4 is 22.4 Å². The van der Waals surface area contributed by atoms with Crippen molar-refractivity contribution in [2.24, 2.45) is 0 Å². The summed E-state index contributed by atoms with van der Waals surface area (Å²) < 4.78 is 14.3. The van der Waals surface area contributed by atoms with E-state index in [1.807, 2.05) is 6.07 Å². The fourth-order valence-electron chi connectivity index (χ4n) is 2.00. The first-order valence-electron chi connectivity index (χ1n) is 5.99. The Morgan fingerprint density at radius 2 is 2.10 bits per heavy atom. The molecule has 0 bridgehead atoms. The van der Waals surface area contributed by atoms with Crippen molar-refractivity contribution < 1.29 is 9.18 Å². The van der Waals surface area contributed by atoms with E-state index in [9.17, 15) is 9.18 Å². The number of nitrogen functional groups attached to an aromatic ring is 1. The first-order chi connectivity index (χ1) is 9.63. The minimum atomic E-state index is -0.610. The van der Waals surface area contributed by atoms with Crippen LogP contribution in [0, 0.1) is 5.95 Å². The maximum Gasteiger partial charge on any atom is 0.212 e. The van der Waals surface area contributed by atoms with E-state index >= 15 is 0 Å². The van der Waals surface area contributed by atoms with Crippen molar-refractivity contribution in [3.63, 3.8) is 0 Å². The topological polar surface area (TPSA) is 73.8 Å². The van der Waals surface area contributed by atoms with E-state index in [-0.39, 0.29) is 12.3 Å². The maximum absolute atomic E-state index is 12.7. The molecule has 2 heterocycles. The van der Waals surface area contributed by atoms with Gasteiger partial charge in [-0.25, -0.2) is 4.98 Å². The number of hydrogen-bond donors (Lipinski definition) is 1. The van der Waals surface area contributed by atoms with Crippen LogP contribution in [-0.4, -0.2) is 20.5 Å². The van der Waals surface area contributed by atoms with Crippen LogP contribution in [0.5, 0.6) is 0 Å². The quantitative estimate of drug-likeness (QED) is 0.449. The number of benzene rings is 1. The summed E-state index contributed by atoms with van der Waals surface area (Å²) in [4.78, 5) is 15.6. The molecule has 6 heteroatoms. The number of Topliss-reactive ketones (excluding diaryl/α,β-unsaturated/α-hetero) is 1. The summed E-state index contributed by atoms with van der Waals surface area (Å²) in [6.45, 7) is 0.0702. The lowest BCUT2D eigenvalue weighted by atomic mass is 10.2. The molecule has 0 saturated heterocycles. The van der Waals surface area contributed by atoms with Gasteiger partial charge in [-0.15, -0.1) is 0 Å². The van der Waals surface area contributed by atoms with E-state index in [2.05, 4.69) is 10.1 Å². The second kappa shape index (κ2) is 4.73. The number of anilines is 1. The molecule has 0 aliphatic heterocycles. The molecule has 0 aliphatic rings. The van der Waals surface area contributed by atoms with Gasteiger partial charge in [0.1, 0.15) is 6.54 Å². The number of fused-ring (bicyclic) bond motifs is 1. The number of halogens is 1. The van der Waals surface area contributed by atoms with Crippen molar-refractivity contribution in [3.05, 3.63) is 54.2 Å². The first kappa shape index (κ1) is 12.3. The van der Waals surface area contributed by atoms with Gasteiger partial charge < -0.3 is 5.73 Å². The third kappa shape index (κ3) is 2.23. The molecule has 0 atom stereocenters. The lowest BCUT2D eigenvalue weighted by molar-refractivity contribution is 0.0969. The van der Waals surface area contributed by atoms with Crippen molar-refractivity contribution in [1.29, 1.82) is 0 Å². The summed E-state index contributed by atoms with van der Waals surface area (Å²) in [5.74, 6) is -0.791. The van der Waals surface area contributed by atoms with Gasteiger partial charge in [0.15, 0.2) is 5.78 Å². The number of carbonyl (C=O) groups excluding carboxylic acids is 1. The third-order valence-corrected chi connectivity index (χ3v) is 3.01. The molecule has 0 saturated carbocycles. The van der Waals surface area contributed by atoms with E-state index in [0.29, 0.717) is 11.3 Å². The van der Waals surface area contributed by atoms with E-state index < -0.39 is 5.95 Å². The number of hydrogen-bond acceptors (Lipinski definition) is 4. The highest BCUT2D eigenvalue weighted by molar-refractivity contribution is 5.96. The summed E-state index contributed by atoms with van der Waals surface area (Å²) >= 11 is 0. The average Bonchev–Trinajstić information content (AvgIpc) is 2.81. The van der Waals surface area contributed by atoms with Crippen molar-refractivity contribution in [1.82, 2.24) is 14.8 Å². The van der Waals surface area contributed by atoms with Crippen molar-refractivity contribution in [2.45, 2.75) is 6.54 Å². The normalized spacial score (nSPS) is 10.8. The number of nitrogens with two attached hydrogens (primary N) is 1. The smallest absolute Gasteiger partial charge is 0.212 e. The Balaban J connectivity index is 1.89. The molecule has 2 aromatic heterocycles. The van der Waals surface area contributed by atoms with Gasteiger partial charge in [0.05, 0.1) is 11.7 Å². The van der Waals surface area contributed by atoms with Gasteiger partial charge in [-0.05, 0) is 30.3 Å². The zero-order valence-electron chi connectivity index (χ0n) is 10.5. The molecule has 3 rings (SSSR count). The van der Waals surface area contributed by atoms with Gasteiger partial charge in [-0.3, -0.25) is 9.48 Å². The lowest BCUT2D eigenvalue weighted by Gasteiger charge is -2.03. The van der Waals surface area contributed by atoms with Gasteiger partial charge in [-0.2, -0.15) is 9.49 Å². The van der Waals surface area contributed by atoms with Crippen LogP contribution in [0.3, 0.4) is 0 Å². The summed E-state index contributed by atoms with van der Waals surface area (Å²) in [6, 6.07) is 7.94. The minimum absolute atomic E-state index is 0.0702. The van der Waals surface area contributed by atoms with Gasteiger partial charge in [0, 0.05) is 22.8 Å². The third-order valence-electron chi connectivity index (χ3n) is 3.01. The highest BCUT2D eigenvalue weighted by atomic mass is 19.1. The second-order valence-corrected chi connectivity index (χ2v) is 4.41. The van der Waals surface area contributed by atoms with Crippen LogP contribution in [-0.2, 0) is 6.54 Å². The number of rotatable bonds is 3. The summed E-state index contributed by atoms with van der Waals surface area (Å²) in [5.41, 5.74) is 7.51. The Bertz CT molecular complexity index is 779. The standard InChI is InChI=1S/C14H11FN4O/c15-14-4-1-9(6-17-14)13(20)8-19-12-3-2-11(16)5-10(12)7-18-19/h1-7H,8,16H2. The Morgan fingerprint density at radius 3 is 2.85 bits per heavy atom. The minimum Gasteiger partial charge on any atom is -0.399 e. The molecule has 0 fully saturated rings. The predicted octanol–water partition coefficient (Wildman–Crippen LogP) is 2.04. The maximum atomic E-state index is 12.7. The Labute approximate surface area is 113 Å². The van der Waals surface area contributed by atoms with Gasteiger partial charge >= 0.3 is 0 Å². The zero-order chi connectivity index (χ0) is 14.1. The molecule has 100 valence electrons. The second-order valence-electron chi connectivity index (χ2n) is 4.41. The van der Waals surface area contributed by atoms with E-state index in [1.54, 1.807) is 23.0 Å². The number of nitrogens with zero attached hydrogens (tertiary/aromatic N) is 3. The van der Waals surface area contributed by atoms with Crippen LogP contribution in [0.4, 0.5) is 10.1 Å². The first-order valence-corrected chi connectivity index (χ1v) is 5.99. The highest BCUT2D eigenvalue weighted by Gasteiger charge is 2.10. The summed E-state index contributed by atoms with van der Waals surface area (Å²) in [5, 5.41) is 5.04. The van der Waals surface area contributed by atoms with Crippen LogP contribution >= 0.6 is 0 Å². The Morgan fingerprint density at radius 1 is 1.25 bits per heavy atom. The fraction of sp³-hybridized carbons (Fsp3) is 0.0714. The van der Waals surface area contributed by atoms with Crippen LogP contribution in [0.2, 0.25) is 0 Å². The molecule has 2 N–H and O–H groups in total. The number of pyridine rings is 1. The number of ketones is 1. The van der Waals surface area contributed by atoms with Crippen molar-refractivity contribution in [3.8, 4) is 0 Å². The zero-order valence-corrected chi connectivity index (χ0v) is 10.5. The molecular weight excluding hydrogens is 259 g/mol. The van der Waals surface area contributed by atoms with Crippen molar-refractivity contribution in [2.75, 3.05) is 5.73 Å². The molecule has 0 aliphatic carbocycles. The van der Waals surface area contributed by atoms with E-state index in [0.717, 1.165) is 17.0 Å². The fourth-order valence-corrected chi connectivity index (χ4v) is 2.00. The lowest BCUT2D eigenvalue weighted by Crippen LogP contribution is -2.12.